The van der Waals surface area contributed by atoms with Gasteiger partial charge in [-0.25, -0.2) is 9.97 Å². The SMILES string of the molecule is COc1ccc(-c2c[nH]n(-c3ncccn3)c2=O)cc1. The van der Waals surface area contributed by atoms with Crippen LogP contribution in [0.4, 0.5) is 0 Å². The third-order valence-corrected chi connectivity index (χ3v) is 2.92. The highest BCUT2D eigenvalue weighted by Crippen LogP contribution is 2.19. The van der Waals surface area contributed by atoms with Crippen LogP contribution in [0.3, 0.4) is 0 Å². The Kier molecular flexibility index (Phi) is 3.04. The largest absolute Gasteiger partial charge is 0.497 e. The van der Waals surface area contributed by atoms with Crippen LogP contribution in [0.2, 0.25) is 0 Å². The third kappa shape index (κ3) is 2.07. The molecule has 0 unspecified atom stereocenters. The molecule has 2 heterocycles. The fourth-order valence-electron chi connectivity index (χ4n) is 1.90. The summed E-state index contributed by atoms with van der Waals surface area (Å²) in [7, 11) is 1.60. The Labute approximate surface area is 114 Å². The van der Waals surface area contributed by atoms with Crippen LogP contribution in [0.5, 0.6) is 5.75 Å². The smallest absolute Gasteiger partial charge is 0.281 e. The monoisotopic (exact) mass is 268 g/mol. The molecule has 0 bridgehead atoms. The van der Waals surface area contributed by atoms with E-state index in [9.17, 15) is 4.79 Å². The molecular weight excluding hydrogens is 256 g/mol. The van der Waals surface area contributed by atoms with Gasteiger partial charge in [-0.15, -0.1) is 0 Å². The number of hydrogen-bond donors (Lipinski definition) is 1. The van der Waals surface area contributed by atoms with E-state index in [-0.39, 0.29) is 5.56 Å². The Morgan fingerprint density at radius 3 is 2.50 bits per heavy atom. The molecule has 0 fully saturated rings. The topological polar surface area (TPSA) is 72.8 Å². The van der Waals surface area contributed by atoms with Crippen molar-refractivity contribution in [3.63, 3.8) is 0 Å². The molecule has 3 aromatic rings. The quantitative estimate of drug-likeness (QED) is 0.783. The van der Waals surface area contributed by atoms with Gasteiger partial charge >= 0.3 is 0 Å². The summed E-state index contributed by atoms with van der Waals surface area (Å²) in [5.74, 6) is 1.06. The second-order valence-electron chi connectivity index (χ2n) is 4.10. The predicted octanol–water partition coefficient (Wildman–Crippen LogP) is 1.63. The van der Waals surface area contributed by atoms with Crippen molar-refractivity contribution in [2.24, 2.45) is 0 Å². The van der Waals surface area contributed by atoms with Crippen molar-refractivity contribution < 1.29 is 4.74 Å². The van der Waals surface area contributed by atoms with E-state index >= 15 is 0 Å². The van der Waals surface area contributed by atoms with Gasteiger partial charge in [0.1, 0.15) is 5.75 Å². The van der Waals surface area contributed by atoms with E-state index < -0.39 is 0 Å². The minimum atomic E-state index is -0.193. The number of nitrogens with zero attached hydrogens (tertiary/aromatic N) is 3. The number of methoxy groups -OCH3 is 1. The summed E-state index contributed by atoms with van der Waals surface area (Å²) in [6.45, 7) is 0. The summed E-state index contributed by atoms with van der Waals surface area (Å²) >= 11 is 0. The number of hydrogen-bond acceptors (Lipinski definition) is 4. The number of nitrogens with one attached hydrogen (secondary N) is 1. The summed E-state index contributed by atoms with van der Waals surface area (Å²) in [6, 6.07) is 8.98. The van der Waals surface area contributed by atoms with Crippen LogP contribution in [0.1, 0.15) is 0 Å². The van der Waals surface area contributed by atoms with Gasteiger partial charge in [0.05, 0.1) is 12.7 Å². The van der Waals surface area contributed by atoms with Crippen molar-refractivity contribution in [2.45, 2.75) is 0 Å². The van der Waals surface area contributed by atoms with Gasteiger partial charge in [-0.2, -0.15) is 4.68 Å². The van der Waals surface area contributed by atoms with E-state index in [1.54, 1.807) is 31.8 Å². The Morgan fingerprint density at radius 1 is 1.15 bits per heavy atom. The van der Waals surface area contributed by atoms with Crippen LogP contribution in [0, 0.1) is 0 Å². The lowest BCUT2D eigenvalue weighted by Gasteiger charge is -2.00. The van der Waals surface area contributed by atoms with E-state index in [1.807, 2.05) is 24.3 Å². The van der Waals surface area contributed by atoms with Crippen molar-refractivity contribution >= 4 is 0 Å². The molecule has 3 rings (SSSR count). The van der Waals surface area contributed by atoms with Crippen molar-refractivity contribution in [1.29, 1.82) is 0 Å². The Morgan fingerprint density at radius 2 is 1.85 bits per heavy atom. The average Bonchev–Trinajstić information content (AvgIpc) is 2.90. The zero-order valence-electron chi connectivity index (χ0n) is 10.8. The molecule has 6 heteroatoms. The van der Waals surface area contributed by atoms with Gasteiger partial charge < -0.3 is 4.74 Å². The van der Waals surface area contributed by atoms with Crippen LogP contribution in [-0.2, 0) is 0 Å². The molecule has 1 N–H and O–H groups in total. The molecule has 6 nitrogen and oxygen atoms in total. The van der Waals surface area contributed by atoms with Crippen LogP contribution in [0.25, 0.3) is 17.1 Å². The molecule has 100 valence electrons. The molecular formula is C14H12N4O2. The number of ether oxygens (including phenoxy) is 1. The minimum Gasteiger partial charge on any atom is -0.497 e. The maximum Gasteiger partial charge on any atom is 0.281 e. The van der Waals surface area contributed by atoms with Crippen LogP contribution in [0.15, 0.2) is 53.7 Å². The van der Waals surface area contributed by atoms with E-state index in [4.69, 9.17) is 4.74 Å². The number of benzene rings is 1. The summed E-state index contributed by atoms with van der Waals surface area (Å²) in [5.41, 5.74) is 1.17. The van der Waals surface area contributed by atoms with Crippen molar-refractivity contribution in [1.82, 2.24) is 19.7 Å². The molecule has 0 saturated carbocycles. The molecule has 0 amide bonds. The molecule has 20 heavy (non-hydrogen) atoms. The van der Waals surface area contributed by atoms with Gasteiger partial charge in [-0.05, 0) is 23.8 Å². The second kappa shape index (κ2) is 5.00. The van der Waals surface area contributed by atoms with Crippen LogP contribution in [-0.4, -0.2) is 26.9 Å². The molecule has 0 radical (unpaired) electrons. The Hall–Kier alpha value is -2.89. The summed E-state index contributed by atoms with van der Waals surface area (Å²) in [5, 5.41) is 2.87. The van der Waals surface area contributed by atoms with Crippen molar-refractivity contribution in [3.8, 4) is 22.8 Å². The molecule has 0 aliphatic rings. The van der Waals surface area contributed by atoms with Gasteiger partial charge in [0, 0.05) is 18.6 Å². The van der Waals surface area contributed by atoms with Crippen molar-refractivity contribution in [3.05, 3.63) is 59.3 Å². The molecule has 0 spiro atoms. The van der Waals surface area contributed by atoms with Gasteiger partial charge in [0.25, 0.3) is 11.5 Å². The second-order valence-corrected chi connectivity index (χ2v) is 4.10. The van der Waals surface area contributed by atoms with Gasteiger partial charge in [-0.3, -0.25) is 9.89 Å². The molecule has 0 aliphatic carbocycles. The van der Waals surface area contributed by atoms with Crippen LogP contribution >= 0.6 is 0 Å². The Balaban J connectivity index is 2.04. The van der Waals surface area contributed by atoms with E-state index in [0.717, 1.165) is 11.3 Å². The summed E-state index contributed by atoms with van der Waals surface area (Å²) in [4.78, 5) is 20.4. The van der Waals surface area contributed by atoms with Gasteiger partial charge in [0.15, 0.2) is 0 Å². The fourth-order valence-corrected chi connectivity index (χ4v) is 1.90. The summed E-state index contributed by atoms with van der Waals surface area (Å²) in [6.07, 6.45) is 4.81. The molecule has 2 aromatic heterocycles. The highest BCUT2D eigenvalue weighted by molar-refractivity contribution is 5.62. The standard InChI is InChI=1S/C14H12N4O2/c1-20-11-5-3-10(4-6-11)12-9-17-18(13(12)19)14-15-7-2-8-16-14/h2-9,17H,1H3. The highest BCUT2D eigenvalue weighted by Gasteiger charge is 2.11. The zero-order chi connectivity index (χ0) is 13.9. The first kappa shape index (κ1) is 12.2. The zero-order valence-corrected chi connectivity index (χ0v) is 10.8. The Bertz CT molecular complexity index is 760. The van der Waals surface area contributed by atoms with E-state index in [0.29, 0.717) is 11.5 Å². The average molecular weight is 268 g/mol. The third-order valence-electron chi connectivity index (χ3n) is 2.92. The lowest BCUT2D eigenvalue weighted by molar-refractivity contribution is 0.415. The predicted molar refractivity (Wildman–Crippen MR) is 74.0 cm³/mol. The normalized spacial score (nSPS) is 10.4. The van der Waals surface area contributed by atoms with Crippen molar-refractivity contribution in [2.75, 3.05) is 7.11 Å². The first-order chi connectivity index (χ1) is 9.79. The molecule has 0 atom stereocenters. The number of H-pyrrole nitrogens is 1. The first-order valence-electron chi connectivity index (χ1n) is 6.02. The number of aromatic nitrogens is 4. The molecule has 0 aliphatic heterocycles. The lowest BCUT2D eigenvalue weighted by Crippen LogP contribution is -2.17. The molecule has 1 aromatic carbocycles. The summed E-state index contributed by atoms with van der Waals surface area (Å²) < 4.78 is 6.40. The maximum atomic E-state index is 12.3. The van der Waals surface area contributed by atoms with Crippen LogP contribution < -0.4 is 10.3 Å². The number of rotatable bonds is 3. The lowest BCUT2D eigenvalue weighted by atomic mass is 10.1. The number of aromatic amines is 1. The minimum absolute atomic E-state index is 0.193. The van der Waals surface area contributed by atoms with E-state index in [2.05, 4.69) is 15.1 Å². The highest BCUT2D eigenvalue weighted by atomic mass is 16.5. The van der Waals surface area contributed by atoms with Gasteiger partial charge in [0.2, 0.25) is 0 Å². The maximum absolute atomic E-state index is 12.3. The fraction of sp³-hybridized carbons (Fsp3) is 0.0714. The molecule has 0 saturated heterocycles. The van der Waals surface area contributed by atoms with E-state index in [1.165, 1.54) is 4.68 Å². The van der Waals surface area contributed by atoms with Gasteiger partial charge in [-0.1, -0.05) is 12.1 Å². The first-order valence-corrected chi connectivity index (χ1v) is 6.02.